The van der Waals surface area contributed by atoms with Gasteiger partial charge in [-0.15, -0.1) is 0 Å². The second-order valence-electron chi connectivity index (χ2n) is 9.17. The zero-order valence-electron chi connectivity index (χ0n) is 20.9. The molecule has 5 rings (SSSR count). The van der Waals surface area contributed by atoms with E-state index in [2.05, 4.69) is 14.6 Å². The Morgan fingerprint density at radius 1 is 1.02 bits per heavy atom. The first-order valence-electron chi connectivity index (χ1n) is 12.1. The maximum atomic E-state index is 14.2. The summed E-state index contributed by atoms with van der Waals surface area (Å²) in [5, 5.41) is 4.34. The Morgan fingerprint density at radius 2 is 1.83 bits per heavy atom. The highest BCUT2D eigenvalue weighted by Crippen LogP contribution is 2.37. The molecule has 7 nitrogen and oxygen atoms in total. The molecule has 1 aliphatic rings. The molecule has 0 radical (unpaired) electrons. The van der Waals surface area contributed by atoms with Crippen molar-refractivity contribution in [1.82, 2.24) is 9.78 Å². The lowest BCUT2D eigenvalue weighted by molar-refractivity contribution is -0.137. The van der Waals surface area contributed by atoms with Crippen LogP contribution in [0.5, 0.6) is 5.75 Å². The van der Waals surface area contributed by atoms with Gasteiger partial charge in [0.25, 0.3) is 10.0 Å². The highest BCUT2D eigenvalue weighted by atomic mass is 32.2. The monoisotopic (exact) mass is 597 g/mol. The highest BCUT2D eigenvalue weighted by Gasteiger charge is 2.32. The van der Waals surface area contributed by atoms with Gasteiger partial charge in [0, 0.05) is 30.0 Å². The Bertz CT molecular complexity index is 1670. The number of alkyl halides is 5. The number of anilines is 1. The third kappa shape index (κ3) is 6.49. The number of sulfonamides is 1. The average Bonchev–Trinajstić information content (AvgIpc) is 3.60. The van der Waals surface area contributed by atoms with Crippen molar-refractivity contribution < 1.29 is 44.2 Å². The smallest absolute Gasteiger partial charge is 0.416 e. The molecule has 3 aromatic carbocycles. The predicted octanol–water partition coefficient (Wildman–Crippen LogP) is 6.74. The standard InChI is InChI=1S/C27H21F6N3O4S/c28-20-8-17(9-22(12-20)40-26(29)30)16-4-5-24(18-13-34-36(14-18)21-6-7-39-15-21)25(10-16)35-41(37,38)23-3-1-2-19(11-23)27(31,32)33/h1-5,8-14,21,26,35H,6-7,15H2/t21-/m0/s1. The van der Waals surface area contributed by atoms with Crippen LogP contribution in [0.4, 0.5) is 32.0 Å². The van der Waals surface area contributed by atoms with E-state index >= 15 is 0 Å². The normalized spacial score (nSPS) is 15.8. The van der Waals surface area contributed by atoms with Gasteiger partial charge < -0.3 is 9.47 Å². The minimum atomic E-state index is -4.77. The summed E-state index contributed by atoms with van der Waals surface area (Å²) in [6, 6.07) is 10.5. The number of halogens is 6. The fourth-order valence-electron chi connectivity index (χ4n) is 4.41. The molecule has 4 aromatic rings. The molecular formula is C27H21F6N3O4S. The van der Waals surface area contributed by atoms with Gasteiger partial charge in [-0.2, -0.15) is 27.1 Å². The van der Waals surface area contributed by atoms with Crippen LogP contribution in [0.2, 0.25) is 0 Å². The molecule has 0 spiro atoms. The van der Waals surface area contributed by atoms with E-state index in [9.17, 15) is 34.8 Å². The van der Waals surface area contributed by atoms with Crippen molar-refractivity contribution in [3.8, 4) is 28.0 Å². The number of nitrogens with zero attached hydrogens (tertiary/aromatic N) is 2. The van der Waals surface area contributed by atoms with Crippen LogP contribution in [0.3, 0.4) is 0 Å². The maximum Gasteiger partial charge on any atom is 0.416 e. The molecule has 0 amide bonds. The molecule has 2 heterocycles. The summed E-state index contributed by atoms with van der Waals surface area (Å²) in [5.74, 6) is -1.33. The number of hydrogen-bond acceptors (Lipinski definition) is 5. The molecule has 0 saturated carbocycles. The van der Waals surface area contributed by atoms with Crippen molar-refractivity contribution in [2.75, 3.05) is 17.9 Å². The quantitative estimate of drug-likeness (QED) is 0.228. The van der Waals surface area contributed by atoms with E-state index in [4.69, 9.17) is 4.74 Å². The second-order valence-corrected chi connectivity index (χ2v) is 10.9. The van der Waals surface area contributed by atoms with Crippen LogP contribution >= 0.6 is 0 Å². The second kappa shape index (κ2) is 11.1. The van der Waals surface area contributed by atoms with E-state index in [0.717, 1.165) is 42.8 Å². The minimum Gasteiger partial charge on any atom is -0.435 e. The van der Waals surface area contributed by atoms with Gasteiger partial charge in [-0.05, 0) is 53.9 Å². The first-order valence-corrected chi connectivity index (χ1v) is 13.6. The van der Waals surface area contributed by atoms with Crippen molar-refractivity contribution in [1.29, 1.82) is 0 Å². The molecule has 1 aliphatic heterocycles. The highest BCUT2D eigenvalue weighted by molar-refractivity contribution is 7.92. The van der Waals surface area contributed by atoms with Crippen molar-refractivity contribution in [2.24, 2.45) is 0 Å². The molecule has 1 aromatic heterocycles. The summed E-state index contributed by atoms with van der Waals surface area (Å²) in [6.07, 6.45) is -0.887. The van der Waals surface area contributed by atoms with Gasteiger partial charge in [-0.25, -0.2) is 12.8 Å². The Hall–Kier alpha value is -4.04. The molecule has 0 bridgehead atoms. The van der Waals surface area contributed by atoms with E-state index in [1.807, 2.05) is 0 Å². The SMILES string of the molecule is O=S(=O)(Nc1cc(-c2cc(F)cc(OC(F)F)c2)ccc1-c1cnn([C@H]2CCOC2)c1)c1cccc(C(F)(F)F)c1. The third-order valence-electron chi connectivity index (χ3n) is 6.36. The number of hydrogen-bond donors (Lipinski definition) is 1. The van der Waals surface area contributed by atoms with Crippen molar-refractivity contribution in [3.05, 3.63) is 84.4 Å². The van der Waals surface area contributed by atoms with E-state index < -0.39 is 44.8 Å². The van der Waals surface area contributed by atoms with E-state index in [-0.39, 0.29) is 22.9 Å². The number of benzene rings is 3. The lowest BCUT2D eigenvalue weighted by Gasteiger charge is -2.16. The third-order valence-corrected chi connectivity index (χ3v) is 7.72. The average molecular weight is 598 g/mol. The fraction of sp³-hybridized carbons (Fsp3) is 0.222. The van der Waals surface area contributed by atoms with Crippen LogP contribution in [0.25, 0.3) is 22.3 Å². The Morgan fingerprint density at radius 3 is 2.54 bits per heavy atom. The molecule has 41 heavy (non-hydrogen) atoms. The predicted molar refractivity (Wildman–Crippen MR) is 136 cm³/mol. The molecule has 0 aliphatic carbocycles. The largest absolute Gasteiger partial charge is 0.435 e. The van der Waals surface area contributed by atoms with Crippen molar-refractivity contribution in [3.63, 3.8) is 0 Å². The summed E-state index contributed by atoms with van der Waals surface area (Å²) in [7, 11) is -4.56. The van der Waals surface area contributed by atoms with E-state index in [1.54, 1.807) is 10.9 Å². The fourth-order valence-corrected chi connectivity index (χ4v) is 5.53. The lowest BCUT2D eigenvalue weighted by atomic mass is 10.00. The maximum absolute atomic E-state index is 14.2. The topological polar surface area (TPSA) is 82.5 Å². The summed E-state index contributed by atoms with van der Waals surface area (Å²) in [4.78, 5) is -0.638. The summed E-state index contributed by atoms with van der Waals surface area (Å²) in [5.41, 5.74) is -0.124. The van der Waals surface area contributed by atoms with Gasteiger partial charge in [0.1, 0.15) is 11.6 Å². The van der Waals surface area contributed by atoms with E-state index in [1.165, 1.54) is 24.4 Å². The van der Waals surface area contributed by atoms with Gasteiger partial charge in [0.05, 0.1) is 35.0 Å². The molecular weight excluding hydrogens is 576 g/mol. The van der Waals surface area contributed by atoms with Gasteiger partial charge >= 0.3 is 12.8 Å². The van der Waals surface area contributed by atoms with Crippen molar-refractivity contribution in [2.45, 2.75) is 30.1 Å². The van der Waals surface area contributed by atoms with Gasteiger partial charge in [-0.3, -0.25) is 9.40 Å². The van der Waals surface area contributed by atoms with Crippen LogP contribution in [-0.2, 0) is 20.9 Å². The molecule has 1 fully saturated rings. The van der Waals surface area contributed by atoms with Crippen LogP contribution in [-0.4, -0.2) is 38.0 Å². The number of ether oxygens (including phenoxy) is 2. The Labute approximate surface area is 230 Å². The zero-order valence-corrected chi connectivity index (χ0v) is 21.7. The molecule has 14 heteroatoms. The first kappa shape index (κ1) is 28.5. The van der Waals surface area contributed by atoms with Crippen LogP contribution in [0.15, 0.2) is 78.0 Å². The van der Waals surface area contributed by atoms with Crippen LogP contribution in [0, 0.1) is 5.82 Å². The van der Waals surface area contributed by atoms with Gasteiger partial charge in [0.15, 0.2) is 0 Å². The Kier molecular flexibility index (Phi) is 7.70. The summed E-state index contributed by atoms with van der Waals surface area (Å²) >= 11 is 0. The minimum absolute atomic E-state index is 0.0335. The van der Waals surface area contributed by atoms with E-state index in [0.29, 0.717) is 30.4 Å². The molecule has 0 unspecified atom stereocenters. The molecule has 216 valence electrons. The Balaban J connectivity index is 1.59. The summed E-state index contributed by atoms with van der Waals surface area (Å²) < 4.78 is 120. The molecule has 1 N–H and O–H groups in total. The lowest BCUT2D eigenvalue weighted by Crippen LogP contribution is -2.15. The number of aromatic nitrogens is 2. The van der Waals surface area contributed by atoms with Gasteiger partial charge in [0.2, 0.25) is 0 Å². The van der Waals surface area contributed by atoms with Crippen LogP contribution in [0.1, 0.15) is 18.0 Å². The van der Waals surface area contributed by atoms with Crippen LogP contribution < -0.4 is 9.46 Å². The zero-order chi connectivity index (χ0) is 29.4. The van der Waals surface area contributed by atoms with Gasteiger partial charge in [-0.1, -0.05) is 18.2 Å². The molecule has 1 saturated heterocycles. The van der Waals surface area contributed by atoms with Crippen molar-refractivity contribution >= 4 is 15.7 Å². The number of rotatable bonds is 8. The molecule has 1 atom stereocenters. The first-order chi connectivity index (χ1) is 19.4. The number of nitrogens with one attached hydrogen (secondary N) is 1. The summed E-state index contributed by atoms with van der Waals surface area (Å²) in [6.45, 7) is -2.21.